The van der Waals surface area contributed by atoms with Crippen LogP contribution in [0, 0.1) is 0 Å². The molecule has 0 aromatic carbocycles. The fourth-order valence-corrected chi connectivity index (χ4v) is 1.72. The number of hydrogen-bond acceptors (Lipinski definition) is 4. The summed E-state index contributed by atoms with van der Waals surface area (Å²) in [6, 6.07) is 0. The Morgan fingerprint density at radius 2 is 2.11 bits per heavy atom. The maximum atomic E-state index is 10.6. The van der Waals surface area contributed by atoms with Gasteiger partial charge in [-0.3, -0.25) is 4.18 Å². The quantitative estimate of drug-likeness (QED) is 0.487. The summed E-state index contributed by atoms with van der Waals surface area (Å²) in [5.74, 6) is 0.298. The first kappa shape index (κ1) is 9.26. The van der Waals surface area contributed by atoms with Crippen molar-refractivity contribution in [2.45, 2.75) is 6.92 Å². The zero-order chi connectivity index (χ0) is 7.33. The topological polar surface area (TPSA) is 43.4 Å². The Hall–Kier alpha value is 0.260. The van der Waals surface area contributed by atoms with Crippen molar-refractivity contribution in [2.75, 3.05) is 18.1 Å². The molecule has 0 saturated carbocycles. The highest BCUT2D eigenvalue weighted by Gasteiger charge is 2.06. The van der Waals surface area contributed by atoms with Gasteiger partial charge in [-0.2, -0.15) is 21.0 Å². The van der Waals surface area contributed by atoms with Gasteiger partial charge in [0.15, 0.2) is 0 Å². The molecule has 0 aliphatic carbocycles. The van der Waals surface area contributed by atoms with E-state index in [1.54, 1.807) is 6.92 Å². The summed E-state index contributed by atoms with van der Waals surface area (Å²) in [4.78, 5) is 0. The lowest BCUT2D eigenvalue weighted by atomic mass is 10.9. The van der Waals surface area contributed by atoms with Gasteiger partial charge in [-0.15, -0.1) is 0 Å². The summed E-state index contributed by atoms with van der Waals surface area (Å²) >= 11 is 3.75. The van der Waals surface area contributed by atoms with Crippen LogP contribution in [0.5, 0.6) is 0 Å². The van der Waals surface area contributed by atoms with Gasteiger partial charge < -0.3 is 0 Å². The second kappa shape index (κ2) is 4.14. The third-order valence-corrected chi connectivity index (χ3v) is 2.46. The summed E-state index contributed by atoms with van der Waals surface area (Å²) in [6.45, 7) is 1.84. The Kier molecular flexibility index (Phi) is 4.26. The van der Waals surface area contributed by atoms with E-state index in [4.69, 9.17) is 0 Å². The van der Waals surface area contributed by atoms with Crippen LogP contribution in [0.4, 0.5) is 0 Å². The van der Waals surface area contributed by atoms with Gasteiger partial charge in [-0.05, 0) is 6.92 Å². The molecular formula is C4H10O3S2. The van der Waals surface area contributed by atoms with E-state index in [1.807, 2.05) is 0 Å². The molecule has 0 fully saturated rings. The van der Waals surface area contributed by atoms with Crippen molar-refractivity contribution in [2.24, 2.45) is 0 Å². The summed E-state index contributed by atoms with van der Waals surface area (Å²) in [6.07, 6.45) is 0. The van der Waals surface area contributed by atoms with Gasteiger partial charge in [-0.1, -0.05) is 0 Å². The molecule has 0 aliphatic rings. The van der Waals surface area contributed by atoms with Crippen LogP contribution in [0.15, 0.2) is 0 Å². The van der Waals surface area contributed by atoms with E-state index in [0.29, 0.717) is 5.75 Å². The largest absolute Gasteiger partial charge is 0.270 e. The second-order valence-corrected chi connectivity index (χ2v) is 3.60. The molecule has 0 N–H and O–H groups in total. The second-order valence-electron chi connectivity index (χ2n) is 1.39. The van der Waals surface area contributed by atoms with Crippen LogP contribution in [-0.4, -0.2) is 26.5 Å². The van der Waals surface area contributed by atoms with E-state index >= 15 is 0 Å². The highest BCUT2D eigenvalue weighted by atomic mass is 32.2. The predicted molar refractivity (Wildman–Crippen MR) is 39.3 cm³/mol. The smallest absolute Gasteiger partial charge is 0.268 e. The lowest BCUT2D eigenvalue weighted by Crippen LogP contribution is -2.10. The summed E-state index contributed by atoms with van der Waals surface area (Å²) in [7, 11) is -3.26. The van der Waals surface area contributed by atoms with Gasteiger partial charge in [0.1, 0.15) is 0 Å². The number of hydrogen-bond donors (Lipinski definition) is 1. The minimum atomic E-state index is -3.26. The average molecular weight is 170 g/mol. The molecule has 0 aliphatic heterocycles. The van der Waals surface area contributed by atoms with Crippen LogP contribution in [0.25, 0.3) is 0 Å². The zero-order valence-electron chi connectivity index (χ0n) is 5.20. The summed E-state index contributed by atoms with van der Waals surface area (Å²) < 4.78 is 25.5. The van der Waals surface area contributed by atoms with E-state index in [0.717, 1.165) is 0 Å². The van der Waals surface area contributed by atoms with E-state index in [-0.39, 0.29) is 12.4 Å². The molecule has 0 heterocycles. The number of rotatable bonds is 4. The van der Waals surface area contributed by atoms with Crippen LogP contribution in [-0.2, 0) is 14.3 Å². The summed E-state index contributed by atoms with van der Waals surface area (Å²) in [5.41, 5.74) is 0. The van der Waals surface area contributed by atoms with E-state index in [1.165, 1.54) is 0 Å². The van der Waals surface area contributed by atoms with Crippen molar-refractivity contribution in [3.8, 4) is 0 Å². The molecule has 0 radical (unpaired) electrons. The van der Waals surface area contributed by atoms with Crippen LogP contribution in [0.2, 0.25) is 0 Å². The molecule has 0 rings (SSSR count). The Bertz CT molecular complexity index is 137. The van der Waals surface area contributed by atoms with Crippen LogP contribution in [0.1, 0.15) is 6.92 Å². The van der Waals surface area contributed by atoms with Crippen molar-refractivity contribution in [3.63, 3.8) is 0 Å². The van der Waals surface area contributed by atoms with Crippen LogP contribution < -0.4 is 0 Å². The molecule has 56 valence electrons. The van der Waals surface area contributed by atoms with Crippen LogP contribution >= 0.6 is 12.6 Å². The first-order valence-electron chi connectivity index (χ1n) is 2.60. The van der Waals surface area contributed by atoms with Crippen LogP contribution in [0.3, 0.4) is 0 Å². The fourth-order valence-electron chi connectivity index (χ4n) is 0.350. The Labute approximate surface area is 60.9 Å². The minimum Gasteiger partial charge on any atom is -0.270 e. The highest BCUT2D eigenvalue weighted by Crippen LogP contribution is 1.92. The normalized spacial score (nSPS) is 11.8. The molecule has 0 atom stereocenters. The lowest BCUT2D eigenvalue weighted by molar-refractivity contribution is 0.339. The molecular weight excluding hydrogens is 160 g/mol. The van der Waals surface area contributed by atoms with Gasteiger partial charge >= 0.3 is 0 Å². The van der Waals surface area contributed by atoms with Crippen molar-refractivity contribution in [1.82, 2.24) is 0 Å². The molecule has 0 unspecified atom stereocenters. The predicted octanol–water partition coefficient (Wildman–Crippen LogP) is 0.283. The van der Waals surface area contributed by atoms with Crippen molar-refractivity contribution in [3.05, 3.63) is 0 Å². The first-order valence-corrected chi connectivity index (χ1v) is 4.81. The molecule has 0 amide bonds. The third kappa shape index (κ3) is 4.74. The first-order chi connectivity index (χ1) is 4.12. The van der Waals surface area contributed by atoms with E-state index in [2.05, 4.69) is 16.8 Å². The molecule has 0 saturated heterocycles. The average Bonchev–Trinajstić information content (AvgIpc) is 1.64. The molecule has 0 aromatic heterocycles. The molecule has 0 bridgehead atoms. The van der Waals surface area contributed by atoms with E-state index < -0.39 is 10.1 Å². The molecule has 9 heavy (non-hydrogen) atoms. The zero-order valence-corrected chi connectivity index (χ0v) is 6.91. The molecule has 0 aromatic rings. The van der Waals surface area contributed by atoms with Gasteiger partial charge in [0.25, 0.3) is 10.1 Å². The summed E-state index contributed by atoms with van der Waals surface area (Å²) in [5, 5.41) is 0. The molecule has 5 heteroatoms. The van der Waals surface area contributed by atoms with Gasteiger partial charge in [-0.25, -0.2) is 0 Å². The van der Waals surface area contributed by atoms with Crippen molar-refractivity contribution >= 4 is 22.7 Å². The fraction of sp³-hybridized carbons (Fsp3) is 1.00. The van der Waals surface area contributed by atoms with Crippen molar-refractivity contribution < 1.29 is 12.6 Å². The molecule has 3 nitrogen and oxygen atoms in total. The number of thiol groups is 1. The Balaban J connectivity index is 3.73. The van der Waals surface area contributed by atoms with Gasteiger partial charge in [0.05, 0.1) is 12.4 Å². The standard InChI is InChI=1S/C4H10O3S2/c1-2-7-9(5,6)4-3-8/h8H,2-4H2,1H3. The monoisotopic (exact) mass is 170 g/mol. The van der Waals surface area contributed by atoms with Gasteiger partial charge in [0.2, 0.25) is 0 Å². The minimum absolute atomic E-state index is 0.00997. The maximum absolute atomic E-state index is 10.6. The lowest BCUT2D eigenvalue weighted by Gasteiger charge is -1.98. The molecule has 0 spiro atoms. The Morgan fingerprint density at radius 1 is 1.56 bits per heavy atom. The SMILES string of the molecule is CCOS(=O)(=O)CCS. The maximum Gasteiger partial charge on any atom is 0.268 e. The third-order valence-electron chi connectivity index (χ3n) is 0.639. The highest BCUT2D eigenvalue weighted by molar-refractivity contribution is 7.88. The van der Waals surface area contributed by atoms with Crippen molar-refractivity contribution in [1.29, 1.82) is 0 Å². The van der Waals surface area contributed by atoms with Gasteiger partial charge in [0, 0.05) is 5.75 Å². The Morgan fingerprint density at radius 3 is 2.44 bits per heavy atom. The van der Waals surface area contributed by atoms with E-state index in [9.17, 15) is 8.42 Å².